The summed E-state index contributed by atoms with van der Waals surface area (Å²) in [4.78, 5) is 23.4. The summed E-state index contributed by atoms with van der Waals surface area (Å²) in [6, 6.07) is -0.244. The molecule has 2 N–H and O–H groups in total. The topological polar surface area (TPSA) is 66.4 Å². The van der Waals surface area contributed by atoms with Crippen LogP contribution in [0.3, 0.4) is 0 Å². The highest BCUT2D eigenvalue weighted by molar-refractivity contribution is 8.01. The van der Waals surface area contributed by atoms with Crippen LogP contribution in [0.5, 0.6) is 0 Å². The summed E-state index contributed by atoms with van der Waals surface area (Å²) < 4.78 is 0.0417. The second-order valence-corrected chi connectivity index (χ2v) is 8.29. The van der Waals surface area contributed by atoms with Crippen molar-refractivity contribution in [2.24, 2.45) is 5.41 Å². The SMILES string of the molecule is CC(C)(C)SCC(=O)NC1CCCCC1(C)C(=O)O. The molecule has 2 unspecified atom stereocenters. The first-order valence-electron chi connectivity index (χ1n) is 6.82. The number of carboxylic acids is 1. The highest BCUT2D eigenvalue weighted by Gasteiger charge is 2.43. The molecule has 0 spiro atoms. The molecular formula is C14H25NO3S. The Kier molecular flexibility index (Phi) is 5.30. The Balaban J connectivity index is 2.58. The largest absolute Gasteiger partial charge is 0.481 e. The van der Waals surface area contributed by atoms with Crippen LogP contribution < -0.4 is 5.32 Å². The zero-order valence-corrected chi connectivity index (χ0v) is 13.1. The van der Waals surface area contributed by atoms with Crippen molar-refractivity contribution in [1.82, 2.24) is 5.32 Å². The molecule has 2 atom stereocenters. The van der Waals surface area contributed by atoms with Gasteiger partial charge in [0, 0.05) is 10.8 Å². The predicted octanol–water partition coefficient (Wildman–Crippen LogP) is 2.67. The fourth-order valence-corrected chi connectivity index (χ4v) is 2.99. The lowest BCUT2D eigenvalue weighted by atomic mass is 9.71. The molecule has 1 aliphatic rings. The Morgan fingerprint density at radius 2 is 2.00 bits per heavy atom. The maximum Gasteiger partial charge on any atom is 0.311 e. The van der Waals surface area contributed by atoms with E-state index in [1.165, 1.54) is 0 Å². The van der Waals surface area contributed by atoms with Crippen LogP contribution in [0.2, 0.25) is 0 Å². The van der Waals surface area contributed by atoms with E-state index in [9.17, 15) is 14.7 Å². The van der Waals surface area contributed by atoms with E-state index < -0.39 is 11.4 Å². The Morgan fingerprint density at radius 3 is 2.53 bits per heavy atom. The van der Waals surface area contributed by atoms with Crippen LogP contribution in [0.15, 0.2) is 0 Å². The summed E-state index contributed by atoms with van der Waals surface area (Å²) in [6.45, 7) is 7.93. The van der Waals surface area contributed by atoms with Crippen LogP contribution in [-0.2, 0) is 9.59 Å². The molecule has 110 valence electrons. The van der Waals surface area contributed by atoms with Gasteiger partial charge in [-0.3, -0.25) is 9.59 Å². The number of amides is 1. The van der Waals surface area contributed by atoms with Crippen LogP contribution >= 0.6 is 11.8 Å². The Bertz CT molecular complexity index is 351. The standard InChI is InChI=1S/C14H25NO3S/c1-13(2,3)19-9-11(16)15-10-7-5-6-8-14(10,4)12(17)18/h10H,5-9H2,1-4H3,(H,15,16)(H,17,18). The van der Waals surface area contributed by atoms with E-state index in [2.05, 4.69) is 26.1 Å². The fourth-order valence-electron chi connectivity index (χ4n) is 2.34. The number of aliphatic carboxylic acids is 1. The molecule has 0 radical (unpaired) electrons. The smallest absolute Gasteiger partial charge is 0.311 e. The summed E-state index contributed by atoms with van der Waals surface area (Å²) in [5.74, 6) is -0.476. The third-order valence-corrected chi connectivity index (χ3v) is 4.94. The Hall–Kier alpha value is -0.710. The van der Waals surface area contributed by atoms with Crippen molar-refractivity contribution in [3.8, 4) is 0 Å². The van der Waals surface area contributed by atoms with Crippen LogP contribution in [0.25, 0.3) is 0 Å². The van der Waals surface area contributed by atoms with Crippen molar-refractivity contribution in [1.29, 1.82) is 0 Å². The second-order valence-electron chi connectivity index (χ2n) is 6.49. The van der Waals surface area contributed by atoms with Gasteiger partial charge < -0.3 is 10.4 Å². The molecular weight excluding hydrogens is 262 g/mol. The molecule has 1 rings (SSSR count). The third-order valence-electron chi connectivity index (χ3n) is 3.67. The van der Waals surface area contributed by atoms with Gasteiger partial charge >= 0.3 is 5.97 Å². The maximum atomic E-state index is 11.9. The molecule has 1 aliphatic carbocycles. The number of hydrogen-bond donors (Lipinski definition) is 2. The van der Waals surface area contributed by atoms with E-state index in [0.717, 1.165) is 19.3 Å². The molecule has 19 heavy (non-hydrogen) atoms. The van der Waals surface area contributed by atoms with Crippen molar-refractivity contribution in [2.75, 3.05) is 5.75 Å². The van der Waals surface area contributed by atoms with E-state index in [-0.39, 0.29) is 16.7 Å². The van der Waals surface area contributed by atoms with E-state index >= 15 is 0 Å². The molecule has 0 aromatic rings. The van der Waals surface area contributed by atoms with E-state index in [0.29, 0.717) is 12.2 Å². The van der Waals surface area contributed by atoms with Gasteiger partial charge in [0.1, 0.15) is 0 Å². The lowest BCUT2D eigenvalue weighted by Gasteiger charge is -2.38. The third kappa shape index (κ3) is 4.71. The molecule has 4 nitrogen and oxygen atoms in total. The van der Waals surface area contributed by atoms with Gasteiger partial charge in [-0.1, -0.05) is 33.6 Å². The van der Waals surface area contributed by atoms with E-state index in [1.54, 1.807) is 18.7 Å². The van der Waals surface area contributed by atoms with Gasteiger partial charge in [-0.2, -0.15) is 0 Å². The molecule has 0 aliphatic heterocycles. The number of carboxylic acid groups (broad SMARTS) is 1. The minimum absolute atomic E-state index is 0.0417. The lowest BCUT2D eigenvalue weighted by molar-refractivity contribution is -0.152. The molecule has 0 aromatic carbocycles. The fraction of sp³-hybridized carbons (Fsp3) is 0.857. The normalized spacial score (nSPS) is 27.9. The quantitative estimate of drug-likeness (QED) is 0.834. The number of carbonyl (C=O) groups is 2. The van der Waals surface area contributed by atoms with E-state index in [1.807, 2.05) is 0 Å². The highest BCUT2D eigenvalue weighted by atomic mass is 32.2. The molecule has 0 aromatic heterocycles. The first-order valence-corrected chi connectivity index (χ1v) is 7.80. The Labute approximate surface area is 119 Å². The lowest BCUT2D eigenvalue weighted by Crippen LogP contribution is -2.52. The zero-order chi connectivity index (χ0) is 14.7. The molecule has 1 amide bonds. The number of hydrogen-bond acceptors (Lipinski definition) is 3. The zero-order valence-electron chi connectivity index (χ0n) is 12.3. The maximum absolute atomic E-state index is 11.9. The van der Waals surface area contributed by atoms with Crippen LogP contribution in [0, 0.1) is 5.41 Å². The van der Waals surface area contributed by atoms with Gasteiger partial charge in [-0.05, 0) is 19.8 Å². The summed E-state index contributed by atoms with van der Waals surface area (Å²) in [7, 11) is 0. The average molecular weight is 287 g/mol. The molecule has 0 saturated heterocycles. The van der Waals surface area contributed by atoms with Gasteiger partial charge in [0.2, 0.25) is 5.91 Å². The molecule has 5 heteroatoms. The van der Waals surface area contributed by atoms with Crippen LogP contribution in [0.4, 0.5) is 0 Å². The molecule has 0 heterocycles. The number of rotatable bonds is 4. The van der Waals surface area contributed by atoms with Crippen LogP contribution in [0.1, 0.15) is 53.4 Å². The van der Waals surface area contributed by atoms with Gasteiger partial charge in [0.25, 0.3) is 0 Å². The Morgan fingerprint density at radius 1 is 1.37 bits per heavy atom. The van der Waals surface area contributed by atoms with Gasteiger partial charge in [-0.25, -0.2) is 0 Å². The number of thioether (sulfide) groups is 1. The summed E-state index contributed by atoms with van der Waals surface area (Å²) in [5, 5.41) is 12.3. The van der Waals surface area contributed by atoms with Crippen molar-refractivity contribution in [2.45, 2.75) is 64.2 Å². The monoisotopic (exact) mass is 287 g/mol. The average Bonchev–Trinajstić information content (AvgIpc) is 2.28. The summed E-state index contributed by atoms with van der Waals surface area (Å²) in [5.41, 5.74) is -0.819. The minimum atomic E-state index is -0.819. The number of carbonyl (C=O) groups excluding carboxylic acids is 1. The minimum Gasteiger partial charge on any atom is -0.481 e. The van der Waals surface area contributed by atoms with Crippen molar-refractivity contribution in [3.05, 3.63) is 0 Å². The molecule has 1 saturated carbocycles. The van der Waals surface area contributed by atoms with Gasteiger partial charge in [0.15, 0.2) is 0 Å². The first-order chi connectivity index (χ1) is 8.65. The molecule has 0 bridgehead atoms. The second kappa shape index (κ2) is 6.16. The van der Waals surface area contributed by atoms with Crippen molar-refractivity contribution in [3.63, 3.8) is 0 Å². The van der Waals surface area contributed by atoms with Crippen molar-refractivity contribution >= 4 is 23.6 Å². The molecule has 1 fully saturated rings. The highest BCUT2D eigenvalue weighted by Crippen LogP contribution is 2.36. The van der Waals surface area contributed by atoms with E-state index in [4.69, 9.17) is 0 Å². The summed E-state index contributed by atoms with van der Waals surface area (Å²) >= 11 is 1.58. The van der Waals surface area contributed by atoms with Crippen molar-refractivity contribution < 1.29 is 14.7 Å². The van der Waals surface area contributed by atoms with Crippen LogP contribution in [-0.4, -0.2) is 33.5 Å². The van der Waals surface area contributed by atoms with Gasteiger partial charge in [-0.15, -0.1) is 11.8 Å². The predicted molar refractivity (Wildman–Crippen MR) is 78.4 cm³/mol. The summed E-state index contributed by atoms with van der Waals surface area (Å²) in [6.07, 6.45) is 3.31. The number of nitrogens with one attached hydrogen (secondary N) is 1. The van der Waals surface area contributed by atoms with Gasteiger partial charge in [0.05, 0.1) is 11.2 Å². The first kappa shape index (κ1) is 16.3.